The quantitative estimate of drug-likeness (QED) is 0.870. The van der Waals surface area contributed by atoms with E-state index in [0.29, 0.717) is 16.7 Å². The fraction of sp³-hybridized carbons (Fsp3) is 0.364. The third kappa shape index (κ3) is 2.37. The number of aromatic nitrogens is 2. The van der Waals surface area contributed by atoms with Crippen molar-refractivity contribution < 1.29 is 4.79 Å². The average molecular weight is 283 g/mol. The van der Waals surface area contributed by atoms with Crippen molar-refractivity contribution in [2.45, 2.75) is 13.0 Å². The number of nitrogens with zero attached hydrogens (tertiary/aromatic N) is 2. The summed E-state index contributed by atoms with van der Waals surface area (Å²) in [6.45, 7) is 0.303. The molecular weight excluding hydrogens is 270 g/mol. The van der Waals surface area contributed by atoms with Gasteiger partial charge in [0.25, 0.3) is 5.56 Å². The first-order chi connectivity index (χ1) is 8.50. The van der Waals surface area contributed by atoms with Crippen LogP contribution in [0, 0.1) is 4.77 Å². The van der Waals surface area contributed by atoms with Crippen molar-refractivity contribution in [1.29, 1.82) is 0 Å². The number of H-pyrrole nitrogens is 1. The van der Waals surface area contributed by atoms with Gasteiger partial charge in [0.05, 0.1) is 5.39 Å². The van der Waals surface area contributed by atoms with E-state index in [-0.39, 0.29) is 17.9 Å². The minimum absolute atomic E-state index is 0.0262. The second-order valence-corrected chi connectivity index (χ2v) is 5.39. The summed E-state index contributed by atoms with van der Waals surface area (Å²) in [5, 5.41) is 2.46. The molecule has 0 radical (unpaired) electrons. The maximum atomic E-state index is 12.2. The second kappa shape index (κ2) is 5.03. The molecule has 2 heterocycles. The highest BCUT2D eigenvalue weighted by molar-refractivity contribution is 7.71. The number of nitrogens with one attached hydrogen (secondary N) is 1. The van der Waals surface area contributed by atoms with Gasteiger partial charge in [0.2, 0.25) is 5.91 Å². The van der Waals surface area contributed by atoms with Gasteiger partial charge in [-0.25, -0.2) is 0 Å². The van der Waals surface area contributed by atoms with E-state index in [4.69, 9.17) is 12.2 Å². The lowest BCUT2D eigenvalue weighted by molar-refractivity contribution is -0.128. The van der Waals surface area contributed by atoms with Gasteiger partial charge in [-0.05, 0) is 23.7 Å². The number of thiophene rings is 1. The first kappa shape index (κ1) is 13.0. The molecule has 0 aromatic carbocycles. The number of amides is 1. The van der Waals surface area contributed by atoms with Gasteiger partial charge in [0.1, 0.15) is 4.83 Å². The van der Waals surface area contributed by atoms with E-state index in [1.165, 1.54) is 20.8 Å². The molecule has 2 aromatic heterocycles. The van der Waals surface area contributed by atoms with E-state index in [0.717, 1.165) is 4.83 Å². The van der Waals surface area contributed by atoms with Crippen LogP contribution in [0.2, 0.25) is 0 Å². The zero-order valence-electron chi connectivity index (χ0n) is 10.1. The Bertz CT molecular complexity index is 696. The summed E-state index contributed by atoms with van der Waals surface area (Å²) in [5.41, 5.74) is -0.137. The molecule has 0 atom stereocenters. The van der Waals surface area contributed by atoms with E-state index in [1.54, 1.807) is 20.2 Å². The second-order valence-electron chi connectivity index (χ2n) is 4.09. The average Bonchev–Trinajstić information content (AvgIpc) is 2.76. The summed E-state index contributed by atoms with van der Waals surface area (Å²) in [6, 6.07) is 1.76. The highest BCUT2D eigenvalue weighted by atomic mass is 32.1. The van der Waals surface area contributed by atoms with Crippen molar-refractivity contribution in [1.82, 2.24) is 14.5 Å². The Labute approximate surface area is 113 Å². The van der Waals surface area contributed by atoms with Gasteiger partial charge in [-0.2, -0.15) is 0 Å². The highest BCUT2D eigenvalue weighted by Crippen LogP contribution is 2.14. The monoisotopic (exact) mass is 283 g/mol. The molecule has 2 rings (SSSR count). The maximum absolute atomic E-state index is 12.2. The van der Waals surface area contributed by atoms with Crippen molar-refractivity contribution >= 4 is 39.7 Å². The van der Waals surface area contributed by atoms with Crippen LogP contribution in [-0.4, -0.2) is 34.5 Å². The lowest BCUT2D eigenvalue weighted by atomic mass is 10.3. The van der Waals surface area contributed by atoms with Gasteiger partial charge in [-0.3, -0.25) is 14.2 Å². The molecule has 0 unspecified atom stereocenters. The first-order valence-electron chi connectivity index (χ1n) is 5.41. The molecule has 0 saturated heterocycles. The SMILES string of the molecule is CN(C)C(=O)CCn1c(=S)[nH]c2sccc2c1=O. The molecule has 0 saturated carbocycles. The molecular formula is C11H13N3O2S2. The Hall–Kier alpha value is -1.47. The van der Waals surface area contributed by atoms with Crippen LogP contribution in [0.15, 0.2) is 16.2 Å². The molecule has 0 bridgehead atoms. The van der Waals surface area contributed by atoms with Crippen molar-refractivity contribution in [2.75, 3.05) is 14.1 Å². The van der Waals surface area contributed by atoms with E-state index < -0.39 is 0 Å². The van der Waals surface area contributed by atoms with Crippen molar-refractivity contribution in [3.05, 3.63) is 26.6 Å². The van der Waals surface area contributed by atoms with E-state index in [9.17, 15) is 9.59 Å². The van der Waals surface area contributed by atoms with E-state index in [2.05, 4.69) is 4.98 Å². The summed E-state index contributed by atoms with van der Waals surface area (Å²) in [5.74, 6) is -0.0262. The van der Waals surface area contributed by atoms with Crippen molar-refractivity contribution in [3.63, 3.8) is 0 Å². The smallest absolute Gasteiger partial charge is 0.263 e. The molecule has 2 aromatic rings. The van der Waals surface area contributed by atoms with Gasteiger partial charge in [0.15, 0.2) is 4.77 Å². The third-order valence-electron chi connectivity index (χ3n) is 2.65. The molecule has 0 aliphatic carbocycles. The fourth-order valence-electron chi connectivity index (χ4n) is 1.61. The van der Waals surface area contributed by atoms with Crippen LogP contribution in [0.5, 0.6) is 0 Å². The Morgan fingerprint density at radius 1 is 1.56 bits per heavy atom. The number of rotatable bonds is 3. The third-order valence-corrected chi connectivity index (χ3v) is 3.81. The fourth-order valence-corrected chi connectivity index (χ4v) is 2.73. The topological polar surface area (TPSA) is 58.1 Å². The first-order valence-corrected chi connectivity index (χ1v) is 6.70. The maximum Gasteiger partial charge on any atom is 0.263 e. The predicted octanol–water partition coefficient (Wildman–Crippen LogP) is 1.60. The summed E-state index contributed by atoms with van der Waals surface area (Å²) in [4.78, 5) is 29.0. The van der Waals surface area contributed by atoms with Gasteiger partial charge in [-0.15, -0.1) is 11.3 Å². The zero-order chi connectivity index (χ0) is 13.3. The molecule has 5 nitrogen and oxygen atoms in total. The number of fused-ring (bicyclic) bond motifs is 1. The van der Waals surface area contributed by atoms with Crippen LogP contribution in [0.1, 0.15) is 6.42 Å². The molecule has 0 aliphatic rings. The predicted molar refractivity (Wildman–Crippen MR) is 74.6 cm³/mol. The van der Waals surface area contributed by atoms with E-state index in [1.807, 2.05) is 5.38 Å². The Balaban J connectivity index is 2.36. The molecule has 0 fully saturated rings. The summed E-state index contributed by atoms with van der Waals surface area (Å²) in [6.07, 6.45) is 0.264. The standard InChI is InChI=1S/C11H13N3O2S2/c1-13(2)8(15)3-5-14-10(16)7-4-6-18-9(7)12-11(14)17/h4,6H,3,5H2,1-2H3,(H,12,17). The van der Waals surface area contributed by atoms with Crippen LogP contribution in [0.25, 0.3) is 10.2 Å². The largest absolute Gasteiger partial charge is 0.349 e. The summed E-state index contributed by atoms with van der Waals surface area (Å²) in [7, 11) is 3.38. The Morgan fingerprint density at radius 2 is 2.28 bits per heavy atom. The zero-order valence-corrected chi connectivity index (χ0v) is 11.7. The normalized spacial score (nSPS) is 10.8. The number of carbonyl (C=O) groups is 1. The minimum Gasteiger partial charge on any atom is -0.349 e. The molecule has 0 aliphatic heterocycles. The lowest BCUT2D eigenvalue weighted by Gasteiger charge is -2.11. The van der Waals surface area contributed by atoms with Gasteiger partial charge in [0, 0.05) is 27.1 Å². The summed E-state index contributed by atoms with van der Waals surface area (Å²) >= 11 is 6.58. The Kier molecular flexibility index (Phi) is 3.63. The summed E-state index contributed by atoms with van der Waals surface area (Å²) < 4.78 is 1.80. The van der Waals surface area contributed by atoms with Crippen LogP contribution < -0.4 is 5.56 Å². The molecule has 96 valence electrons. The number of aromatic amines is 1. The minimum atomic E-state index is -0.137. The van der Waals surface area contributed by atoms with Gasteiger partial charge < -0.3 is 9.88 Å². The molecule has 7 heteroatoms. The van der Waals surface area contributed by atoms with Crippen molar-refractivity contribution in [2.24, 2.45) is 0 Å². The molecule has 18 heavy (non-hydrogen) atoms. The van der Waals surface area contributed by atoms with Gasteiger partial charge in [-0.1, -0.05) is 0 Å². The molecule has 1 N–H and O–H groups in total. The lowest BCUT2D eigenvalue weighted by Crippen LogP contribution is -2.27. The van der Waals surface area contributed by atoms with Crippen LogP contribution in [0.4, 0.5) is 0 Å². The van der Waals surface area contributed by atoms with Crippen molar-refractivity contribution in [3.8, 4) is 0 Å². The Morgan fingerprint density at radius 3 is 2.94 bits per heavy atom. The van der Waals surface area contributed by atoms with Crippen LogP contribution >= 0.6 is 23.6 Å². The highest BCUT2D eigenvalue weighted by Gasteiger charge is 2.09. The number of carbonyl (C=O) groups excluding carboxylic acids is 1. The van der Waals surface area contributed by atoms with Crippen LogP contribution in [-0.2, 0) is 11.3 Å². The van der Waals surface area contributed by atoms with E-state index >= 15 is 0 Å². The molecule has 0 spiro atoms. The number of hydrogen-bond donors (Lipinski definition) is 1. The van der Waals surface area contributed by atoms with Crippen LogP contribution in [0.3, 0.4) is 0 Å². The number of hydrogen-bond acceptors (Lipinski definition) is 4. The molecule has 1 amide bonds. The van der Waals surface area contributed by atoms with Gasteiger partial charge >= 0.3 is 0 Å².